The molecular formula is C10H17N3O5S. The summed E-state index contributed by atoms with van der Waals surface area (Å²) in [5, 5.41) is 12.3. The zero-order valence-corrected chi connectivity index (χ0v) is 11.5. The third-order valence-electron chi connectivity index (χ3n) is 2.54. The standard InChI is InChI=1S/C10H17N3O5S/c1-3-4-5-7(10(14)15)13-19(16,17)8-6(2)18-12-9(8)11/h7,13H,3-5H2,1-2H3,(H2,11,12)(H,14,15). The minimum Gasteiger partial charge on any atom is -0.480 e. The van der Waals surface area contributed by atoms with Gasteiger partial charge < -0.3 is 15.4 Å². The topological polar surface area (TPSA) is 136 Å². The Labute approximate surface area is 111 Å². The molecule has 108 valence electrons. The molecule has 0 amide bonds. The molecule has 0 aliphatic carbocycles. The molecule has 0 bridgehead atoms. The number of nitrogens with zero attached hydrogens (tertiary/aromatic N) is 1. The van der Waals surface area contributed by atoms with Crippen LogP contribution < -0.4 is 10.5 Å². The summed E-state index contributed by atoms with van der Waals surface area (Å²) in [5.41, 5.74) is 5.41. The second kappa shape index (κ2) is 6.02. The van der Waals surface area contributed by atoms with Crippen LogP contribution in [0.4, 0.5) is 5.82 Å². The first-order valence-electron chi connectivity index (χ1n) is 5.76. The average Bonchev–Trinajstić information content (AvgIpc) is 2.64. The average molecular weight is 291 g/mol. The Morgan fingerprint density at radius 1 is 1.58 bits per heavy atom. The molecule has 19 heavy (non-hydrogen) atoms. The van der Waals surface area contributed by atoms with Crippen LogP contribution in [-0.2, 0) is 14.8 Å². The number of aliphatic carboxylic acids is 1. The van der Waals surface area contributed by atoms with Crippen molar-refractivity contribution in [3.05, 3.63) is 5.76 Å². The Balaban J connectivity index is 2.98. The number of anilines is 1. The number of nitrogen functional groups attached to an aromatic ring is 1. The van der Waals surface area contributed by atoms with Crippen molar-refractivity contribution in [2.75, 3.05) is 5.73 Å². The number of carboxylic acids is 1. The maximum Gasteiger partial charge on any atom is 0.321 e. The molecule has 0 aromatic carbocycles. The van der Waals surface area contributed by atoms with Crippen LogP contribution in [0.3, 0.4) is 0 Å². The summed E-state index contributed by atoms with van der Waals surface area (Å²) in [6, 6.07) is -1.20. The van der Waals surface area contributed by atoms with Crippen LogP contribution in [0.2, 0.25) is 0 Å². The summed E-state index contributed by atoms with van der Waals surface area (Å²) in [6.07, 6.45) is 1.56. The fraction of sp³-hybridized carbons (Fsp3) is 0.600. The highest BCUT2D eigenvalue weighted by Crippen LogP contribution is 2.21. The van der Waals surface area contributed by atoms with E-state index in [4.69, 9.17) is 10.8 Å². The van der Waals surface area contributed by atoms with Gasteiger partial charge in [0, 0.05) is 0 Å². The molecule has 1 aromatic heterocycles. The maximum atomic E-state index is 12.1. The van der Waals surface area contributed by atoms with Crippen molar-refractivity contribution in [2.24, 2.45) is 0 Å². The number of nitrogens with two attached hydrogens (primary N) is 1. The van der Waals surface area contributed by atoms with Gasteiger partial charge in [0.15, 0.2) is 16.5 Å². The number of hydrogen-bond donors (Lipinski definition) is 3. The third kappa shape index (κ3) is 3.67. The molecule has 1 unspecified atom stereocenters. The number of sulfonamides is 1. The minimum atomic E-state index is -4.07. The van der Waals surface area contributed by atoms with E-state index < -0.39 is 22.0 Å². The van der Waals surface area contributed by atoms with E-state index in [0.717, 1.165) is 6.42 Å². The van der Waals surface area contributed by atoms with Crippen molar-refractivity contribution in [3.8, 4) is 0 Å². The predicted octanol–water partition coefficient (Wildman–Crippen LogP) is 0.487. The highest BCUT2D eigenvalue weighted by molar-refractivity contribution is 7.89. The number of hydrogen-bond acceptors (Lipinski definition) is 6. The zero-order valence-electron chi connectivity index (χ0n) is 10.7. The monoisotopic (exact) mass is 291 g/mol. The van der Waals surface area contributed by atoms with Gasteiger partial charge in [-0.2, -0.15) is 4.72 Å². The summed E-state index contributed by atoms with van der Waals surface area (Å²) in [7, 11) is -4.07. The van der Waals surface area contributed by atoms with Crippen LogP contribution in [0.25, 0.3) is 0 Å². The van der Waals surface area contributed by atoms with E-state index in [0.29, 0.717) is 6.42 Å². The van der Waals surface area contributed by atoms with Gasteiger partial charge in [-0.25, -0.2) is 8.42 Å². The summed E-state index contributed by atoms with van der Waals surface area (Å²) in [4.78, 5) is 10.7. The zero-order chi connectivity index (χ0) is 14.6. The molecular weight excluding hydrogens is 274 g/mol. The summed E-state index contributed by atoms with van der Waals surface area (Å²) < 4.78 is 30.9. The second-order valence-electron chi connectivity index (χ2n) is 4.11. The molecule has 0 spiro atoms. The van der Waals surface area contributed by atoms with Gasteiger partial charge in [0.05, 0.1) is 0 Å². The molecule has 0 saturated heterocycles. The summed E-state index contributed by atoms with van der Waals surface area (Å²) in [6.45, 7) is 3.27. The maximum absolute atomic E-state index is 12.1. The van der Waals surface area contributed by atoms with Crippen molar-refractivity contribution in [1.82, 2.24) is 9.88 Å². The van der Waals surface area contributed by atoms with E-state index >= 15 is 0 Å². The normalized spacial score (nSPS) is 13.4. The molecule has 9 heteroatoms. The van der Waals surface area contributed by atoms with Crippen molar-refractivity contribution >= 4 is 21.8 Å². The molecule has 0 fully saturated rings. The molecule has 1 atom stereocenters. The van der Waals surface area contributed by atoms with Crippen molar-refractivity contribution in [2.45, 2.75) is 44.0 Å². The Kier molecular flexibility index (Phi) is 4.90. The van der Waals surface area contributed by atoms with Gasteiger partial charge in [0.1, 0.15) is 6.04 Å². The number of rotatable bonds is 7. The van der Waals surface area contributed by atoms with Crippen LogP contribution in [0.5, 0.6) is 0 Å². The molecule has 0 aliphatic rings. The molecule has 4 N–H and O–H groups in total. The summed E-state index contributed by atoms with van der Waals surface area (Å²) >= 11 is 0. The molecule has 0 radical (unpaired) electrons. The quantitative estimate of drug-likeness (QED) is 0.665. The van der Waals surface area contributed by atoms with Gasteiger partial charge >= 0.3 is 5.97 Å². The lowest BCUT2D eigenvalue weighted by Gasteiger charge is -2.13. The van der Waals surface area contributed by atoms with Gasteiger partial charge in [0.2, 0.25) is 10.0 Å². The SMILES string of the molecule is CCCCC(NS(=O)(=O)c1c(N)noc1C)C(=O)O. The van der Waals surface area contributed by atoms with E-state index in [-0.39, 0.29) is 22.9 Å². The molecule has 8 nitrogen and oxygen atoms in total. The first kappa shape index (κ1) is 15.4. The van der Waals surface area contributed by atoms with Crippen molar-refractivity contribution in [1.29, 1.82) is 0 Å². The lowest BCUT2D eigenvalue weighted by Crippen LogP contribution is -2.40. The van der Waals surface area contributed by atoms with Crippen molar-refractivity contribution in [3.63, 3.8) is 0 Å². The number of carbonyl (C=O) groups is 1. The number of nitrogens with one attached hydrogen (secondary N) is 1. The van der Waals surface area contributed by atoms with E-state index in [1.807, 2.05) is 6.92 Å². The molecule has 1 rings (SSSR count). The van der Waals surface area contributed by atoms with Gasteiger partial charge in [0.25, 0.3) is 0 Å². The minimum absolute atomic E-state index is 0.0182. The first-order chi connectivity index (χ1) is 8.79. The molecule has 1 aromatic rings. The van der Waals surface area contributed by atoms with Crippen LogP contribution in [0.1, 0.15) is 31.9 Å². The van der Waals surface area contributed by atoms with Gasteiger partial charge in [-0.3, -0.25) is 4.79 Å². The van der Waals surface area contributed by atoms with Crippen LogP contribution in [0, 0.1) is 6.92 Å². The fourth-order valence-electron chi connectivity index (χ4n) is 1.60. The highest BCUT2D eigenvalue weighted by atomic mass is 32.2. The Hall–Kier alpha value is -1.61. The van der Waals surface area contributed by atoms with E-state index in [2.05, 4.69) is 14.4 Å². The Morgan fingerprint density at radius 2 is 2.21 bits per heavy atom. The highest BCUT2D eigenvalue weighted by Gasteiger charge is 2.30. The van der Waals surface area contributed by atoms with E-state index in [9.17, 15) is 13.2 Å². The lowest BCUT2D eigenvalue weighted by molar-refractivity contribution is -0.139. The van der Waals surface area contributed by atoms with E-state index in [1.54, 1.807) is 0 Å². The largest absolute Gasteiger partial charge is 0.480 e. The smallest absolute Gasteiger partial charge is 0.321 e. The van der Waals surface area contributed by atoms with E-state index in [1.165, 1.54) is 6.92 Å². The van der Waals surface area contributed by atoms with Crippen LogP contribution in [-0.4, -0.2) is 30.7 Å². The fourth-order valence-corrected chi connectivity index (χ4v) is 3.03. The van der Waals surface area contributed by atoms with Crippen LogP contribution >= 0.6 is 0 Å². The van der Waals surface area contributed by atoms with Gasteiger partial charge in [-0.1, -0.05) is 24.9 Å². The van der Waals surface area contributed by atoms with Crippen LogP contribution in [0.15, 0.2) is 9.42 Å². The number of unbranched alkanes of at least 4 members (excludes halogenated alkanes) is 1. The Bertz CT molecular complexity index is 532. The summed E-state index contributed by atoms with van der Waals surface area (Å²) in [5.74, 6) is -1.50. The Morgan fingerprint density at radius 3 is 2.63 bits per heavy atom. The van der Waals surface area contributed by atoms with Crippen molar-refractivity contribution < 1.29 is 22.8 Å². The number of aryl methyl sites for hydroxylation is 1. The second-order valence-corrected chi connectivity index (χ2v) is 5.76. The first-order valence-corrected chi connectivity index (χ1v) is 7.24. The molecule has 0 saturated carbocycles. The van der Waals surface area contributed by atoms with Gasteiger partial charge in [-0.05, 0) is 13.3 Å². The molecule has 1 heterocycles. The molecule has 0 aliphatic heterocycles. The third-order valence-corrected chi connectivity index (χ3v) is 4.17. The number of aromatic nitrogens is 1. The lowest BCUT2D eigenvalue weighted by atomic mass is 10.1. The number of carboxylic acid groups (broad SMARTS) is 1. The predicted molar refractivity (Wildman–Crippen MR) is 66.9 cm³/mol. The van der Waals surface area contributed by atoms with Gasteiger partial charge in [-0.15, -0.1) is 0 Å².